The van der Waals surface area contributed by atoms with E-state index < -0.39 is 0 Å². The average molecular weight is 315 g/mol. The summed E-state index contributed by atoms with van der Waals surface area (Å²) < 4.78 is 0.654. The number of anilines is 1. The number of carbonyl (C=O) groups excluding carboxylic acids is 2. The van der Waals surface area contributed by atoms with Gasteiger partial charge < -0.3 is 4.90 Å². The molecule has 1 aromatic heterocycles. The van der Waals surface area contributed by atoms with Crippen LogP contribution in [0.4, 0.5) is 5.69 Å². The molecule has 0 spiro atoms. The van der Waals surface area contributed by atoms with Crippen molar-refractivity contribution in [1.29, 1.82) is 0 Å². The Hall–Kier alpha value is -0.880. The van der Waals surface area contributed by atoms with Crippen LogP contribution in [0.3, 0.4) is 0 Å². The Balaban J connectivity index is 2.16. The average Bonchev–Trinajstić information content (AvgIpc) is 2.59. The second kappa shape index (κ2) is 5.18. The first-order valence-electron chi connectivity index (χ1n) is 5.16. The number of thioether (sulfide) groups is 1. The number of pyridine rings is 1. The van der Waals surface area contributed by atoms with E-state index in [2.05, 4.69) is 20.9 Å². The van der Waals surface area contributed by atoms with Gasteiger partial charge in [0.1, 0.15) is 4.60 Å². The van der Waals surface area contributed by atoms with Gasteiger partial charge in [0.25, 0.3) is 0 Å². The van der Waals surface area contributed by atoms with Crippen molar-refractivity contribution in [3.05, 3.63) is 22.9 Å². The van der Waals surface area contributed by atoms with Crippen molar-refractivity contribution in [3.63, 3.8) is 0 Å². The van der Waals surface area contributed by atoms with E-state index in [9.17, 15) is 9.59 Å². The van der Waals surface area contributed by atoms with Crippen molar-refractivity contribution in [2.75, 3.05) is 11.4 Å². The Morgan fingerprint density at radius 2 is 2.41 bits per heavy atom. The van der Waals surface area contributed by atoms with Crippen molar-refractivity contribution in [2.45, 2.75) is 18.6 Å². The number of hydrogen-bond donors (Lipinski definition) is 0. The first-order chi connectivity index (χ1) is 8.08. The van der Waals surface area contributed by atoms with Crippen molar-refractivity contribution in [2.24, 2.45) is 0 Å². The van der Waals surface area contributed by atoms with Crippen molar-refractivity contribution < 1.29 is 9.59 Å². The minimum absolute atomic E-state index is 0.0393. The minimum Gasteiger partial charge on any atom is -0.309 e. The first-order valence-corrected chi connectivity index (χ1v) is 6.83. The molecule has 0 bridgehead atoms. The molecule has 1 aliphatic rings. The number of rotatable bonds is 2. The largest absolute Gasteiger partial charge is 0.309 e. The van der Waals surface area contributed by atoms with E-state index in [1.807, 2.05) is 6.07 Å². The molecule has 1 aromatic rings. The second-order valence-electron chi connectivity index (χ2n) is 3.75. The predicted molar refractivity (Wildman–Crippen MR) is 71.0 cm³/mol. The molecule has 0 radical (unpaired) electrons. The molecule has 1 aliphatic heterocycles. The Labute approximate surface area is 112 Å². The normalized spacial score (nSPS) is 19.8. The molecule has 4 nitrogen and oxygen atoms in total. The van der Waals surface area contributed by atoms with Crippen molar-refractivity contribution in [3.8, 4) is 0 Å². The van der Waals surface area contributed by atoms with Crippen LogP contribution in [0.5, 0.6) is 0 Å². The van der Waals surface area contributed by atoms with E-state index in [-0.39, 0.29) is 16.3 Å². The molecule has 1 amide bonds. The molecule has 1 atom stereocenters. The van der Waals surface area contributed by atoms with E-state index in [0.29, 0.717) is 17.6 Å². The molecule has 2 heterocycles. The minimum atomic E-state index is 0.0393. The summed E-state index contributed by atoms with van der Waals surface area (Å²) in [6.45, 7) is 2.09. The number of halogens is 1. The molecular weight excluding hydrogens is 304 g/mol. The highest BCUT2D eigenvalue weighted by Gasteiger charge is 2.32. The van der Waals surface area contributed by atoms with E-state index in [1.54, 1.807) is 17.2 Å². The molecular formula is C11H11BrN2O2S. The Kier molecular flexibility index (Phi) is 3.83. The lowest BCUT2D eigenvalue weighted by Crippen LogP contribution is -2.25. The van der Waals surface area contributed by atoms with Gasteiger partial charge in [-0.15, -0.1) is 0 Å². The number of nitrogens with zero attached hydrogens (tertiary/aromatic N) is 2. The molecule has 1 saturated heterocycles. The zero-order valence-electron chi connectivity index (χ0n) is 9.22. The van der Waals surface area contributed by atoms with Gasteiger partial charge in [-0.25, -0.2) is 4.98 Å². The van der Waals surface area contributed by atoms with E-state index >= 15 is 0 Å². The lowest BCUT2D eigenvalue weighted by atomic mass is 10.4. The van der Waals surface area contributed by atoms with Gasteiger partial charge >= 0.3 is 0 Å². The summed E-state index contributed by atoms with van der Waals surface area (Å²) in [7, 11) is 0. The third-order valence-corrected chi connectivity index (χ3v) is 4.04. The Morgan fingerprint density at radius 1 is 1.65 bits per heavy atom. The fraction of sp³-hybridized carbons (Fsp3) is 0.364. The lowest BCUT2D eigenvalue weighted by Gasteiger charge is -2.17. The van der Waals surface area contributed by atoms with E-state index in [0.717, 1.165) is 5.69 Å². The topological polar surface area (TPSA) is 50.3 Å². The molecule has 0 saturated carbocycles. The highest BCUT2D eigenvalue weighted by atomic mass is 79.9. The molecule has 2 rings (SSSR count). The third-order valence-electron chi connectivity index (χ3n) is 2.45. The van der Waals surface area contributed by atoms with Crippen LogP contribution in [0.15, 0.2) is 22.9 Å². The maximum absolute atomic E-state index is 11.9. The van der Waals surface area contributed by atoms with Gasteiger partial charge in [-0.2, -0.15) is 0 Å². The smallest absolute Gasteiger partial charge is 0.228 e. The molecule has 6 heteroatoms. The summed E-state index contributed by atoms with van der Waals surface area (Å²) in [4.78, 5) is 28.7. The summed E-state index contributed by atoms with van der Waals surface area (Å²) in [5.74, 6) is 0.0393. The van der Waals surface area contributed by atoms with Crippen molar-refractivity contribution >= 4 is 44.4 Å². The summed E-state index contributed by atoms with van der Waals surface area (Å²) in [5.41, 5.74) is 0.768. The zero-order chi connectivity index (χ0) is 12.4. The van der Waals surface area contributed by atoms with Crippen LogP contribution >= 0.6 is 27.7 Å². The summed E-state index contributed by atoms with van der Waals surface area (Å²) in [6, 6.07) is 3.63. The number of amides is 1. The fourth-order valence-electron chi connectivity index (χ4n) is 1.80. The molecule has 90 valence electrons. The number of aromatic nitrogens is 1. The van der Waals surface area contributed by atoms with Crippen LogP contribution in [0, 0.1) is 0 Å². The van der Waals surface area contributed by atoms with Crippen LogP contribution in [0.2, 0.25) is 0 Å². The predicted octanol–water partition coefficient (Wildman–Crippen LogP) is 2.23. The zero-order valence-corrected chi connectivity index (χ0v) is 11.6. The van der Waals surface area contributed by atoms with Crippen molar-refractivity contribution in [1.82, 2.24) is 4.98 Å². The molecule has 0 N–H and O–H groups in total. The van der Waals surface area contributed by atoms with Gasteiger partial charge in [-0.1, -0.05) is 11.8 Å². The maximum atomic E-state index is 11.9. The van der Waals surface area contributed by atoms with E-state index in [1.165, 1.54) is 18.7 Å². The monoisotopic (exact) mass is 314 g/mol. The molecule has 0 aliphatic carbocycles. The van der Waals surface area contributed by atoms with Gasteiger partial charge in [0.15, 0.2) is 5.12 Å². The second-order valence-corrected chi connectivity index (χ2v) is 5.98. The quantitative estimate of drug-likeness (QED) is 0.785. The SMILES string of the molecule is CC(=O)SC1CC(=O)N(c2cccnc2Br)C1. The van der Waals surface area contributed by atoms with Crippen LogP contribution < -0.4 is 4.90 Å². The number of hydrogen-bond acceptors (Lipinski definition) is 4. The summed E-state index contributed by atoms with van der Waals surface area (Å²) in [6.07, 6.45) is 2.07. The van der Waals surface area contributed by atoms with Gasteiger partial charge in [-0.05, 0) is 28.1 Å². The first kappa shape index (κ1) is 12.6. The van der Waals surface area contributed by atoms with Gasteiger partial charge in [-0.3, -0.25) is 9.59 Å². The van der Waals surface area contributed by atoms with Crippen LogP contribution in [0.1, 0.15) is 13.3 Å². The summed E-state index contributed by atoms with van der Waals surface area (Å²) >= 11 is 4.56. The fourth-order valence-corrected chi connectivity index (χ4v) is 3.18. The molecule has 1 fully saturated rings. The highest BCUT2D eigenvalue weighted by Crippen LogP contribution is 2.31. The van der Waals surface area contributed by atoms with Gasteiger partial charge in [0, 0.05) is 31.3 Å². The molecule has 0 aromatic carbocycles. The Morgan fingerprint density at radius 3 is 3.06 bits per heavy atom. The third kappa shape index (κ3) is 2.87. The lowest BCUT2D eigenvalue weighted by molar-refractivity contribution is -0.117. The molecule has 1 unspecified atom stereocenters. The van der Waals surface area contributed by atoms with Gasteiger partial charge in [0.05, 0.1) is 5.69 Å². The number of carbonyl (C=O) groups is 2. The van der Waals surface area contributed by atoms with Crippen LogP contribution in [-0.2, 0) is 9.59 Å². The summed E-state index contributed by atoms with van der Waals surface area (Å²) in [5, 5.41) is 0.0991. The Bertz CT molecular complexity index is 467. The van der Waals surface area contributed by atoms with Crippen LogP contribution in [0.25, 0.3) is 0 Å². The van der Waals surface area contributed by atoms with E-state index in [4.69, 9.17) is 0 Å². The molecule has 17 heavy (non-hydrogen) atoms. The maximum Gasteiger partial charge on any atom is 0.228 e. The van der Waals surface area contributed by atoms with Gasteiger partial charge in [0.2, 0.25) is 5.91 Å². The van der Waals surface area contributed by atoms with Crippen LogP contribution in [-0.4, -0.2) is 27.8 Å². The standard InChI is InChI=1S/C11H11BrN2O2S/c1-7(15)17-8-5-10(16)14(6-8)9-3-2-4-13-11(9)12/h2-4,8H,5-6H2,1H3. The highest BCUT2D eigenvalue weighted by molar-refractivity contribution is 9.10.